The van der Waals surface area contributed by atoms with Crippen molar-refractivity contribution in [2.75, 3.05) is 13.6 Å². The van der Waals surface area contributed by atoms with Crippen LogP contribution in [-0.2, 0) is 6.54 Å². The quantitative estimate of drug-likeness (QED) is 0.576. The largest absolute Gasteiger partial charge is 0.343 e. The van der Waals surface area contributed by atoms with E-state index < -0.39 is 0 Å². The van der Waals surface area contributed by atoms with Crippen LogP contribution in [0, 0.1) is 5.92 Å². The number of carbonyl (C=O) groups excluding carboxylic acids is 1. The maximum Gasteiger partial charge on any atom is 0.270 e. The number of rotatable bonds is 8. The van der Waals surface area contributed by atoms with Crippen molar-refractivity contribution in [2.24, 2.45) is 5.92 Å². The van der Waals surface area contributed by atoms with Gasteiger partial charge in [0.1, 0.15) is 5.69 Å². The zero-order valence-electron chi connectivity index (χ0n) is 17.1. The van der Waals surface area contributed by atoms with Crippen molar-refractivity contribution in [1.29, 1.82) is 0 Å². The molecule has 0 atom stereocenters. The molecule has 29 heavy (non-hydrogen) atoms. The summed E-state index contributed by atoms with van der Waals surface area (Å²) in [7, 11) is 1.89. The molecule has 1 saturated carbocycles. The van der Waals surface area contributed by atoms with Crippen LogP contribution < -0.4 is 0 Å². The van der Waals surface area contributed by atoms with Gasteiger partial charge in [-0.1, -0.05) is 13.3 Å². The molecule has 0 radical (unpaired) electrons. The minimum atomic E-state index is 0.0817. The number of pyridine rings is 1. The molecule has 0 N–H and O–H groups in total. The maximum atomic E-state index is 13.0. The number of unbranched alkanes of at least 4 members (excludes halogenated alkanes) is 1. The normalized spacial score (nSPS) is 13.4. The van der Waals surface area contributed by atoms with Crippen LogP contribution in [-0.4, -0.2) is 43.9 Å². The summed E-state index contributed by atoms with van der Waals surface area (Å²) in [5.41, 5.74) is 3.54. The molecular weight excluding hydrogens is 362 g/mol. The molecule has 0 aromatic carbocycles. The van der Waals surface area contributed by atoms with Crippen LogP contribution in [0.15, 0.2) is 49.2 Å². The highest BCUT2D eigenvalue weighted by atomic mass is 16.2. The lowest BCUT2D eigenvalue weighted by molar-refractivity contribution is 0.0782. The summed E-state index contributed by atoms with van der Waals surface area (Å²) in [6.45, 7) is 3.82. The van der Waals surface area contributed by atoms with E-state index in [0.717, 1.165) is 48.3 Å². The first-order valence-corrected chi connectivity index (χ1v) is 10.3. The Kier molecular flexibility index (Phi) is 5.69. The summed E-state index contributed by atoms with van der Waals surface area (Å²) >= 11 is 0. The van der Waals surface area contributed by atoms with Gasteiger partial charge in [0.2, 0.25) is 0 Å². The van der Waals surface area contributed by atoms with E-state index in [1.54, 1.807) is 12.4 Å². The third kappa shape index (κ3) is 4.53. The molecule has 0 saturated heterocycles. The number of carbonyl (C=O) groups is 1. The van der Waals surface area contributed by atoms with Crippen molar-refractivity contribution in [1.82, 2.24) is 24.4 Å². The molecular formula is C23H27N5O. The average Bonchev–Trinajstić information content (AvgIpc) is 3.49. The molecule has 3 aromatic heterocycles. The summed E-state index contributed by atoms with van der Waals surface area (Å²) in [5, 5.41) is 0. The van der Waals surface area contributed by atoms with Crippen molar-refractivity contribution in [3.8, 4) is 22.5 Å². The molecule has 0 spiro atoms. The monoisotopic (exact) mass is 389 g/mol. The fraction of sp³-hybridized carbons (Fsp3) is 0.391. The van der Waals surface area contributed by atoms with Gasteiger partial charge < -0.3 is 9.47 Å². The van der Waals surface area contributed by atoms with E-state index in [4.69, 9.17) is 0 Å². The number of nitrogens with zero attached hydrogens (tertiary/aromatic N) is 5. The zero-order chi connectivity index (χ0) is 20.2. The Morgan fingerprint density at radius 2 is 1.97 bits per heavy atom. The third-order valence-electron chi connectivity index (χ3n) is 5.37. The molecule has 3 heterocycles. The van der Waals surface area contributed by atoms with Gasteiger partial charge in [-0.15, -0.1) is 0 Å². The van der Waals surface area contributed by atoms with Crippen molar-refractivity contribution in [3.05, 3.63) is 54.9 Å². The van der Waals surface area contributed by atoms with Gasteiger partial charge in [0, 0.05) is 67.8 Å². The topological polar surface area (TPSA) is 63.9 Å². The lowest BCUT2D eigenvalue weighted by Crippen LogP contribution is -2.29. The van der Waals surface area contributed by atoms with Crippen LogP contribution >= 0.6 is 0 Å². The number of hydrogen-bond acceptors (Lipinski definition) is 4. The molecule has 1 aliphatic carbocycles. The summed E-state index contributed by atoms with van der Waals surface area (Å²) in [6, 6.07) is 5.80. The van der Waals surface area contributed by atoms with Crippen LogP contribution in [0.4, 0.5) is 0 Å². The molecule has 1 amide bonds. The van der Waals surface area contributed by atoms with Gasteiger partial charge in [-0.05, 0) is 43.4 Å². The molecule has 0 aliphatic heterocycles. The molecule has 3 aromatic rings. The second-order valence-corrected chi connectivity index (χ2v) is 7.83. The standard InChI is InChI=1S/C23H27N5O/c1-3-4-10-27(2)23(29)21-11-19(16-28(21)15-17-7-8-17)20-13-25-22(26-14-20)18-6-5-9-24-12-18/h5-6,9,11-14,16-17H,3-4,7-8,10,15H2,1-2H3. The SMILES string of the molecule is CCCCN(C)C(=O)c1cc(-c2cnc(-c3cccnc3)nc2)cn1CC1CC1. The predicted octanol–water partition coefficient (Wildman–Crippen LogP) is 4.29. The van der Waals surface area contributed by atoms with Gasteiger partial charge in [-0.2, -0.15) is 0 Å². The highest BCUT2D eigenvalue weighted by Crippen LogP contribution is 2.33. The Morgan fingerprint density at radius 3 is 2.62 bits per heavy atom. The van der Waals surface area contributed by atoms with Crippen molar-refractivity contribution < 1.29 is 4.79 Å². The summed E-state index contributed by atoms with van der Waals surface area (Å²) in [4.78, 5) is 28.0. The Hall–Kier alpha value is -3.02. The zero-order valence-corrected chi connectivity index (χ0v) is 17.1. The molecule has 4 rings (SSSR count). The molecule has 0 bridgehead atoms. The maximum absolute atomic E-state index is 13.0. The van der Waals surface area contributed by atoms with E-state index in [9.17, 15) is 4.79 Å². The highest BCUT2D eigenvalue weighted by Gasteiger charge is 2.25. The molecule has 1 aliphatic rings. The second-order valence-electron chi connectivity index (χ2n) is 7.83. The van der Waals surface area contributed by atoms with Gasteiger partial charge in [-0.25, -0.2) is 9.97 Å². The van der Waals surface area contributed by atoms with Crippen molar-refractivity contribution in [2.45, 2.75) is 39.2 Å². The summed E-state index contributed by atoms with van der Waals surface area (Å²) in [6.07, 6.45) is 13.8. The van der Waals surface area contributed by atoms with Crippen molar-refractivity contribution >= 4 is 5.91 Å². The second kappa shape index (κ2) is 8.55. The Morgan fingerprint density at radius 1 is 1.17 bits per heavy atom. The summed E-state index contributed by atoms with van der Waals surface area (Å²) in [5.74, 6) is 1.42. The fourth-order valence-electron chi connectivity index (χ4n) is 3.39. The highest BCUT2D eigenvalue weighted by molar-refractivity contribution is 5.94. The van der Waals surface area contributed by atoms with E-state index >= 15 is 0 Å². The first kappa shape index (κ1) is 19.3. The van der Waals surface area contributed by atoms with Crippen LogP contribution in [0.3, 0.4) is 0 Å². The van der Waals surface area contributed by atoms with E-state index in [-0.39, 0.29) is 5.91 Å². The lowest BCUT2D eigenvalue weighted by Gasteiger charge is -2.18. The number of amides is 1. The van der Waals surface area contributed by atoms with E-state index in [0.29, 0.717) is 11.7 Å². The minimum absolute atomic E-state index is 0.0817. The van der Waals surface area contributed by atoms with Gasteiger partial charge in [0.25, 0.3) is 5.91 Å². The van der Waals surface area contributed by atoms with Gasteiger partial charge in [0.05, 0.1) is 0 Å². The molecule has 1 fully saturated rings. The van der Waals surface area contributed by atoms with E-state index in [1.807, 2.05) is 42.5 Å². The molecule has 6 heteroatoms. The molecule has 6 nitrogen and oxygen atoms in total. The van der Waals surface area contributed by atoms with Crippen LogP contribution in [0.1, 0.15) is 43.1 Å². The van der Waals surface area contributed by atoms with Crippen molar-refractivity contribution in [3.63, 3.8) is 0 Å². The molecule has 0 unspecified atom stereocenters. The smallest absolute Gasteiger partial charge is 0.270 e. The van der Waals surface area contributed by atoms with Gasteiger partial charge in [0.15, 0.2) is 5.82 Å². The number of aromatic nitrogens is 4. The fourth-order valence-corrected chi connectivity index (χ4v) is 3.39. The molecule has 150 valence electrons. The van der Waals surface area contributed by atoms with Gasteiger partial charge >= 0.3 is 0 Å². The van der Waals surface area contributed by atoms with Crippen LogP contribution in [0.25, 0.3) is 22.5 Å². The Balaban J connectivity index is 1.60. The van der Waals surface area contributed by atoms with E-state index in [2.05, 4.69) is 32.6 Å². The van der Waals surface area contributed by atoms with E-state index in [1.165, 1.54) is 12.8 Å². The lowest BCUT2D eigenvalue weighted by atomic mass is 10.1. The van der Waals surface area contributed by atoms with Crippen LogP contribution in [0.2, 0.25) is 0 Å². The Labute approximate surface area is 171 Å². The average molecular weight is 390 g/mol. The van der Waals surface area contributed by atoms with Gasteiger partial charge in [-0.3, -0.25) is 9.78 Å². The first-order chi connectivity index (χ1) is 14.2. The number of hydrogen-bond donors (Lipinski definition) is 0. The van der Waals surface area contributed by atoms with Crippen LogP contribution in [0.5, 0.6) is 0 Å². The Bertz CT molecular complexity index is 961. The predicted molar refractivity (Wildman–Crippen MR) is 113 cm³/mol. The first-order valence-electron chi connectivity index (χ1n) is 10.3. The third-order valence-corrected chi connectivity index (χ3v) is 5.37. The summed E-state index contributed by atoms with van der Waals surface area (Å²) < 4.78 is 2.12. The minimum Gasteiger partial charge on any atom is -0.343 e.